The van der Waals surface area contributed by atoms with Crippen molar-refractivity contribution in [1.82, 2.24) is 5.32 Å². The third-order valence-electron chi connectivity index (χ3n) is 5.63. The molecule has 2 heterocycles. The van der Waals surface area contributed by atoms with Crippen molar-refractivity contribution in [3.63, 3.8) is 0 Å². The fraction of sp³-hybridized carbons (Fsp3) is 0.429. The largest absolute Gasteiger partial charge is 0.360 e. The Morgan fingerprint density at radius 2 is 1.86 bits per heavy atom. The van der Waals surface area contributed by atoms with Crippen molar-refractivity contribution in [3.05, 3.63) is 63.7 Å². The number of hydrogen-bond acceptors (Lipinski definition) is 5. The van der Waals surface area contributed by atoms with E-state index in [1.807, 2.05) is 26.0 Å². The second-order valence-electron chi connectivity index (χ2n) is 7.59. The molecule has 0 bridgehead atoms. The van der Waals surface area contributed by atoms with Crippen molar-refractivity contribution < 1.29 is 17.3 Å². The molecule has 1 fully saturated rings. The predicted octanol–water partition coefficient (Wildman–Crippen LogP) is 4.01. The first-order chi connectivity index (χ1) is 13.3. The van der Waals surface area contributed by atoms with Crippen LogP contribution in [0.4, 0.5) is 0 Å². The molecule has 7 heteroatoms. The van der Waals surface area contributed by atoms with E-state index in [9.17, 15) is 8.42 Å². The average Bonchev–Trinajstić information content (AvgIpc) is 2.94. The lowest BCUT2D eigenvalue weighted by molar-refractivity contribution is -0.105. The van der Waals surface area contributed by atoms with Crippen LogP contribution in [-0.4, -0.2) is 28.1 Å². The Morgan fingerprint density at radius 3 is 2.54 bits per heavy atom. The van der Waals surface area contributed by atoms with E-state index in [-0.39, 0.29) is 11.5 Å². The van der Waals surface area contributed by atoms with Gasteiger partial charge in [0.2, 0.25) is 0 Å². The number of benzene rings is 2. The summed E-state index contributed by atoms with van der Waals surface area (Å²) >= 11 is 6.39. The fourth-order valence-corrected chi connectivity index (χ4v) is 5.10. The summed E-state index contributed by atoms with van der Waals surface area (Å²) in [6, 6.07) is 10.6. The van der Waals surface area contributed by atoms with E-state index in [4.69, 9.17) is 20.5 Å². The van der Waals surface area contributed by atoms with E-state index in [2.05, 4.69) is 5.32 Å². The second-order valence-corrected chi connectivity index (χ2v) is 9.61. The molecular weight excluding hydrogens is 398 g/mol. The van der Waals surface area contributed by atoms with Crippen molar-refractivity contribution in [2.45, 2.75) is 43.3 Å². The number of hydrogen-bond donors (Lipinski definition) is 1. The van der Waals surface area contributed by atoms with Gasteiger partial charge in [0.1, 0.15) is 6.10 Å². The molecule has 1 spiro atoms. The van der Waals surface area contributed by atoms with Crippen LogP contribution >= 0.6 is 11.6 Å². The number of aryl methyl sites for hydroxylation is 2. The molecule has 1 atom stereocenters. The summed E-state index contributed by atoms with van der Waals surface area (Å²) in [6.45, 7) is 5.49. The Hall–Kier alpha value is -1.44. The summed E-state index contributed by atoms with van der Waals surface area (Å²) in [5.74, 6) is 0. The van der Waals surface area contributed by atoms with E-state index in [1.165, 1.54) is 0 Å². The van der Waals surface area contributed by atoms with Gasteiger partial charge in [-0.1, -0.05) is 35.4 Å². The maximum Gasteiger partial charge on any atom is 0.297 e. The molecule has 0 amide bonds. The van der Waals surface area contributed by atoms with E-state index < -0.39 is 21.8 Å². The van der Waals surface area contributed by atoms with Crippen LogP contribution in [-0.2, 0) is 24.6 Å². The molecule has 1 N–H and O–H groups in total. The zero-order valence-corrected chi connectivity index (χ0v) is 17.6. The summed E-state index contributed by atoms with van der Waals surface area (Å²) in [5.41, 5.74) is 3.54. The Kier molecular flexibility index (Phi) is 5.27. The minimum atomic E-state index is -3.85. The van der Waals surface area contributed by atoms with Crippen molar-refractivity contribution in [2.75, 3.05) is 19.7 Å². The number of rotatable bonds is 4. The first-order valence-corrected chi connectivity index (χ1v) is 11.2. The topological polar surface area (TPSA) is 64.6 Å². The Balaban J connectivity index is 1.60. The molecule has 0 aliphatic carbocycles. The van der Waals surface area contributed by atoms with Gasteiger partial charge in [0.05, 0.1) is 17.1 Å². The molecule has 1 unspecified atom stereocenters. The van der Waals surface area contributed by atoms with E-state index >= 15 is 0 Å². The van der Waals surface area contributed by atoms with Gasteiger partial charge in [-0.3, -0.25) is 4.18 Å². The Bertz CT molecular complexity index is 982. The van der Waals surface area contributed by atoms with Crippen LogP contribution < -0.4 is 5.32 Å². The van der Waals surface area contributed by atoms with Gasteiger partial charge in [0.25, 0.3) is 10.1 Å². The van der Waals surface area contributed by atoms with E-state index in [0.29, 0.717) is 5.02 Å². The molecule has 2 aliphatic rings. The Morgan fingerprint density at radius 1 is 1.18 bits per heavy atom. The van der Waals surface area contributed by atoms with Crippen LogP contribution in [0.2, 0.25) is 5.02 Å². The number of ether oxygens (including phenoxy) is 1. The van der Waals surface area contributed by atoms with Crippen molar-refractivity contribution in [2.24, 2.45) is 0 Å². The van der Waals surface area contributed by atoms with Gasteiger partial charge in [-0.05, 0) is 74.7 Å². The molecule has 28 heavy (non-hydrogen) atoms. The van der Waals surface area contributed by atoms with Crippen LogP contribution in [0.1, 0.15) is 41.2 Å². The van der Waals surface area contributed by atoms with Gasteiger partial charge in [-0.15, -0.1) is 0 Å². The molecule has 0 saturated carbocycles. The SMILES string of the molecule is Cc1ccc(S(=O)(=O)OCC2OC3(CCNCC3)c3cc(Cl)c(C)cc32)cc1. The molecule has 150 valence electrons. The van der Waals surface area contributed by atoms with E-state index in [0.717, 1.165) is 48.2 Å². The van der Waals surface area contributed by atoms with Gasteiger partial charge >= 0.3 is 0 Å². The minimum absolute atomic E-state index is 0.0561. The fourth-order valence-electron chi connectivity index (χ4n) is 4.03. The standard InChI is InChI=1S/C21H24ClNO4S/c1-14-3-5-16(6-4-14)28(24,25)26-13-20-17-11-15(2)19(22)12-18(17)21(27-20)7-9-23-10-8-21/h3-6,11-12,20,23H,7-10,13H2,1-2H3. The lowest BCUT2D eigenvalue weighted by atomic mass is 9.83. The lowest BCUT2D eigenvalue weighted by Gasteiger charge is -2.34. The molecule has 2 aromatic rings. The zero-order valence-electron chi connectivity index (χ0n) is 16.0. The maximum atomic E-state index is 12.6. The van der Waals surface area contributed by atoms with Gasteiger partial charge in [-0.25, -0.2) is 0 Å². The smallest absolute Gasteiger partial charge is 0.297 e. The first kappa shape index (κ1) is 19.9. The van der Waals surface area contributed by atoms with Gasteiger partial charge in [0, 0.05) is 5.02 Å². The minimum Gasteiger partial charge on any atom is -0.360 e. The summed E-state index contributed by atoms with van der Waals surface area (Å²) in [7, 11) is -3.85. The maximum absolute atomic E-state index is 12.6. The van der Waals surface area contributed by atoms with Gasteiger partial charge in [-0.2, -0.15) is 8.42 Å². The van der Waals surface area contributed by atoms with Gasteiger partial charge < -0.3 is 10.1 Å². The molecule has 0 aromatic heterocycles. The van der Waals surface area contributed by atoms with Crippen LogP contribution in [0.5, 0.6) is 0 Å². The van der Waals surface area contributed by atoms with Gasteiger partial charge in [0.15, 0.2) is 0 Å². The zero-order chi connectivity index (χ0) is 19.9. The number of nitrogens with one attached hydrogen (secondary N) is 1. The molecule has 2 aliphatic heterocycles. The summed E-state index contributed by atoms with van der Waals surface area (Å²) in [4.78, 5) is 0.153. The molecular formula is C21H24ClNO4S. The summed E-state index contributed by atoms with van der Waals surface area (Å²) in [5, 5.41) is 4.05. The number of halogens is 1. The second kappa shape index (κ2) is 7.43. The summed E-state index contributed by atoms with van der Waals surface area (Å²) < 4.78 is 37.0. The third kappa shape index (κ3) is 3.60. The predicted molar refractivity (Wildman–Crippen MR) is 108 cm³/mol. The van der Waals surface area contributed by atoms with Crippen LogP contribution in [0.25, 0.3) is 0 Å². The molecule has 0 radical (unpaired) electrons. The van der Waals surface area contributed by atoms with Crippen molar-refractivity contribution in [3.8, 4) is 0 Å². The molecule has 4 rings (SSSR count). The number of piperidine rings is 1. The highest BCUT2D eigenvalue weighted by atomic mass is 35.5. The monoisotopic (exact) mass is 421 g/mol. The normalized spacial score (nSPS) is 21.0. The molecule has 1 saturated heterocycles. The average molecular weight is 422 g/mol. The van der Waals surface area contributed by atoms with Crippen molar-refractivity contribution in [1.29, 1.82) is 0 Å². The van der Waals surface area contributed by atoms with Crippen molar-refractivity contribution >= 4 is 21.7 Å². The highest BCUT2D eigenvalue weighted by Crippen LogP contribution is 2.50. The highest BCUT2D eigenvalue weighted by Gasteiger charge is 2.46. The lowest BCUT2D eigenvalue weighted by Crippen LogP contribution is -2.40. The molecule has 5 nitrogen and oxygen atoms in total. The molecule has 2 aromatic carbocycles. The Labute approximate surface area is 171 Å². The third-order valence-corrected chi connectivity index (χ3v) is 7.33. The number of fused-ring (bicyclic) bond motifs is 2. The van der Waals surface area contributed by atoms with E-state index in [1.54, 1.807) is 24.3 Å². The highest BCUT2D eigenvalue weighted by molar-refractivity contribution is 7.86. The van der Waals surface area contributed by atoms with Crippen LogP contribution in [0, 0.1) is 13.8 Å². The van der Waals surface area contributed by atoms with Crippen LogP contribution in [0.15, 0.2) is 41.3 Å². The van der Waals surface area contributed by atoms with Crippen LogP contribution in [0.3, 0.4) is 0 Å². The quantitative estimate of drug-likeness (QED) is 0.755. The summed E-state index contributed by atoms with van der Waals surface area (Å²) in [6.07, 6.45) is 1.20. The first-order valence-electron chi connectivity index (χ1n) is 9.46.